The summed E-state index contributed by atoms with van der Waals surface area (Å²) in [6.45, 7) is 6.77. The number of halogens is 2. The van der Waals surface area contributed by atoms with Crippen molar-refractivity contribution in [2.75, 3.05) is 18.0 Å². The zero-order valence-electron chi connectivity index (χ0n) is 16.8. The van der Waals surface area contributed by atoms with E-state index in [0.29, 0.717) is 5.56 Å². The first kappa shape index (κ1) is 25.9. The first-order valence-corrected chi connectivity index (χ1v) is 15.6. The van der Waals surface area contributed by atoms with Gasteiger partial charge in [0.1, 0.15) is 0 Å². The molecule has 1 saturated heterocycles. The van der Waals surface area contributed by atoms with Crippen LogP contribution >= 0.6 is 18.6 Å². The molecule has 1 aliphatic heterocycles. The normalized spacial score (nSPS) is 11.9. The van der Waals surface area contributed by atoms with Gasteiger partial charge in [-0.1, -0.05) is 55.2 Å². The summed E-state index contributed by atoms with van der Waals surface area (Å²) < 4.78 is 0. The van der Waals surface area contributed by atoms with Gasteiger partial charge in [-0.25, -0.2) is 0 Å². The molecule has 0 bridgehead atoms. The molecule has 29 heavy (non-hydrogen) atoms. The Hall–Kier alpha value is -1.17. The van der Waals surface area contributed by atoms with Crippen molar-refractivity contribution < 1.29 is 21.8 Å². The number of rotatable bonds is 2. The van der Waals surface area contributed by atoms with E-state index in [1.54, 1.807) is 24.3 Å². The second-order valence-corrected chi connectivity index (χ2v) is 9.85. The van der Waals surface area contributed by atoms with Crippen molar-refractivity contribution in [2.24, 2.45) is 0 Å². The van der Waals surface area contributed by atoms with Gasteiger partial charge in [-0.15, -0.1) is 41.1 Å². The SMILES string of the molecule is C[Si]C.[Cl][Ti][Cl].[NH-]C(=O)c1ccccc1.c1ccc2c(N3CCCC3)c[cH-]c2c1. The fourth-order valence-electron chi connectivity index (χ4n) is 2.96. The molecule has 7 heteroatoms. The third-order valence-electron chi connectivity index (χ3n) is 4.14. The topological polar surface area (TPSA) is 44.1 Å². The van der Waals surface area contributed by atoms with Crippen LogP contribution < -0.4 is 4.90 Å². The van der Waals surface area contributed by atoms with Crippen LogP contribution in [0.3, 0.4) is 0 Å². The molecule has 0 saturated carbocycles. The largest absolute Gasteiger partial charge is 0.664 e. The number of nitrogens with one attached hydrogen (secondary N) is 1. The molecule has 1 N–H and O–H groups in total. The number of carbonyl (C=O) groups is 1. The fourth-order valence-corrected chi connectivity index (χ4v) is 2.96. The van der Waals surface area contributed by atoms with Crippen LogP contribution in [0.2, 0.25) is 13.1 Å². The average Bonchev–Trinajstić information content (AvgIpc) is 3.40. The molecule has 1 fully saturated rings. The Kier molecular flexibility index (Phi) is 14.0. The van der Waals surface area contributed by atoms with Gasteiger partial charge in [-0.2, -0.15) is 0 Å². The van der Waals surface area contributed by atoms with E-state index >= 15 is 0 Å². The molecule has 1 amide bonds. The van der Waals surface area contributed by atoms with Crippen molar-refractivity contribution in [1.29, 1.82) is 0 Å². The number of hydrogen-bond acceptors (Lipinski definition) is 2. The average molecular weight is 481 g/mol. The van der Waals surface area contributed by atoms with Gasteiger partial charge in [0.15, 0.2) is 0 Å². The van der Waals surface area contributed by atoms with Crippen molar-refractivity contribution >= 4 is 50.5 Å². The Morgan fingerprint density at radius 1 is 1.03 bits per heavy atom. The number of fused-ring (bicyclic) bond motifs is 1. The summed E-state index contributed by atoms with van der Waals surface area (Å²) in [6, 6.07) is 21.7. The Morgan fingerprint density at radius 3 is 2.07 bits per heavy atom. The number of benzene rings is 2. The smallest absolute Gasteiger partial charge is 0.0796 e. The molecule has 3 aromatic rings. The summed E-state index contributed by atoms with van der Waals surface area (Å²) >= 11 is -0.556. The standard InChI is InChI=1S/C13H14N.C7H7NO.C2H6Si.2ClH.Ti/c1-2-6-12-11(5-1)7-8-13(12)14-9-3-4-10-14;8-7(9)6-4-2-1-3-5-6;1-3-2;;;/h1-2,5-8H,3-4,9-10H2;1-5H,(H2,8,9);1-2H3;2*1H;/q-1;;;;;+2/p-3. The minimum atomic E-state index is -0.629. The quantitative estimate of drug-likeness (QED) is 0.287. The van der Waals surface area contributed by atoms with E-state index in [4.69, 9.17) is 24.3 Å². The van der Waals surface area contributed by atoms with Gasteiger partial charge in [-0.3, -0.25) is 0 Å². The molecule has 0 spiro atoms. The number of anilines is 1. The van der Waals surface area contributed by atoms with Gasteiger partial charge >= 0.3 is 35.6 Å². The molecule has 0 atom stereocenters. The van der Waals surface area contributed by atoms with E-state index in [2.05, 4.69) is 54.4 Å². The van der Waals surface area contributed by atoms with Gasteiger partial charge < -0.3 is 15.4 Å². The van der Waals surface area contributed by atoms with E-state index < -0.39 is 22.9 Å². The third-order valence-corrected chi connectivity index (χ3v) is 4.14. The van der Waals surface area contributed by atoms with Crippen LogP contribution in [0, 0.1) is 0 Å². The van der Waals surface area contributed by atoms with E-state index in [-0.39, 0.29) is 0 Å². The summed E-state index contributed by atoms with van der Waals surface area (Å²) in [7, 11) is 10.9. The molecule has 0 aromatic heterocycles. The second kappa shape index (κ2) is 15.6. The van der Waals surface area contributed by atoms with Crippen LogP contribution in [-0.2, 0) is 17.0 Å². The molecule has 3 aromatic carbocycles. The summed E-state index contributed by atoms with van der Waals surface area (Å²) in [6.07, 6.45) is 2.69. The van der Waals surface area contributed by atoms with Gasteiger partial charge in [0.2, 0.25) is 0 Å². The molecular weight excluding hydrogens is 455 g/mol. The predicted molar refractivity (Wildman–Crippen MR) is 125 cm³/mol. The summed E-state index contributed by atoms with van der Waals surface area (Å²) in [4.78, 5) is 12.8. The van der Waals surface area contributed by atoms with E-state index in [1.165, 1.54) is 42.4 Å². The Balaban J connectivity index is 0.000000242. The van der Waals surface area contributed by atoms with Crippen molar-refractivity contribution in [1.82, 2.24) is 0 Å². The molecule has 154 valence electrons. The van der Waals surface area contributed by atoms with Crippen LogP contribution in [-0.4, -0.2) is 28.5 Å². The molecule has 0 aliphatic carbocycles. The monoisotopic (exact) mass is 480 g/mol. The van der Waals surface area contributed by atoms with E-state index in [1.807, 2.05) is 6.07 Å². The van der Waals surface area contributed by atoms with Gasteiger partial charge in [0.05, 0.1) is 5.91 Å². The maximum Gasteiger partial charge on any atom is 0.0796 e. The van der Waals surface area contributed by atoms with Crippen LogP contribution in [0.1, 0.15) is 23.2 Å². The first-order valence-electron chi connectivity index (χ1n) is 9.34. The molecule has 4 rings (SSSR count). The third kappa shape index (κ3) is 9.45. The molecule has 0 unspecified atom stereocenters. The minimum absolute atomic E-state index is 0.442. The second-order valence-electron chi connectivity index (χ2n) is 6.27. The Morgan fingerprint density at radius 2 is 1.55 bits per heavy atom. The van der Waals surface area contributed by atoms with Crippen LogP contribution in [0.4, 0.5) is 5.69 Å². The zero-order valence-corrected chi connectivity index (χ0v) is 20.9. The van der Waals surface area contributed by atoms with Crippen molar-refractivity contribution in [2.45, 2.75) is 25.9 Å². The molecule has 1 aliphatic rings. The molecule has 2 radical (unpaired) electrons. The summed E-state index contributed by atoms with van der Waals surface area (Å²) in [5.41, 5.74) is 8.55. The fraction of sp³-hybridized carbons (Fsp3) is 0.273. The Labute approximate surface area is 193 Å². The number of carbonyl (C=O) groups excluding carboxylic acids is 1. The van der Waals surface area contributed by atoms with Gasteiger partial charge in [-0.05, 0) is 18.4 Å². The number of amides is 1. The minimum Gasteiger partial charge on any atom is -0.664 e. The predicted octanol–water partition coefficient (Wildman–Crippen LogP) is 7.20. The summed E-state index contributed by atoms with van der Waals surface area (Å²) in [5, 5.41) is 2.78. The maximum atomic E-state index is 10.3. The van der Waals surface area contributed by atoms with E-state index in [9.17, 15) is 4.79 Å². The Bertz CT molecular complexity index is 822. The van der Waals surface area contributed by atoms with Crippen molar-refractivity contribution in [3.05, 3.63) is 78.0 Å². The van der Waals surface area contributed by atoms with Crippen LogP contribution in [0.25, 0.3) is 16.5 Å². The molecular formula is C22H26Cl2N2OSiTi-2. The maximum absolute atomic E-state index is 10.3. The van der Waals surface area contributed by atoms with Gasteiger partial charge in [0, 0.05) is 22.6 Å². The number of hydrogen-bond donors (Lipinski definition) is 0. The van der Waals surface area contributed by atoms with Crippen molar-refractivity contribution in [3.8, 4) is 0 Å². The van der Waals surface area contributed by atoms with E-state index in [0.717, 1.165) is 9.52 Å². The first-order chi connectivity index (χ1) is 14.1. The number of nitrogens with zero attached hydrogens (tertiary/aromatic N) is 1. The van der Waals surface area contributed by atoms with Crippen LogP contribution in [0.5, 0.6) is 0 Å². The molecule has 1 heterocycles. The zero-order chi connectivity index (χ0) is 21.5. The van der Waals surface area contributed by atoms with Gasteiger partial charge in [0.25, 0.3) is 0 Å². The van der Waals surface area contributed by atoms with Crippen molar-refractivity contribution in [3.63, 3.8) is 0 Å². The van der Waals surface area contributed by atoms with Crippen LogP contribution in [0.15, 0.2) is 66.7 Å². The summed E-state index contributed by atoms with van der Waals surface area (Å²) in [5.74, 6) is -0.629. The molecule has 3 nitrogen and oxygen atoms in total.